The second-order valence-electron chi connectivity index (χ2n) is 7.91. The normalized spacial score (nSPS) is 19.2. The van der Waals surface area contributed by atoms with Gasteiger partial charge < -0.3 is 14.2 Å². The lowest BCUT2D eigenvalue weighted by atomic mass is 9.95. The van der Waals surface area contributed by atoms with Gasteiger partial charge in [-0.05, 0) is 37.1 Å². The van der Waals surface area contributed by atoms with Gasteiger partial charge in [-0.25, -0.2) is 4.98 Å². The molecular weight excluding hydrogens is 384 g/mol. The molecular formula is C22H26N4O2S. The maximum absolute atomic E-state index is 13.0. The van der Waals surface area contributed by atoms with Gasteiger partial charge in [-0.15, -0.1) is 0 Å². The van der Waals surface area contributed by atoms with Crippen molar-refractivity contribution in [2.24, 2.45) is 5.92 Å². The van der Waals surface area contributed by atoms with Crippen molar-refractivity contribution >= 4 is 32.6 Å². The van der Waals surface area contributed by atoms with Gasteiger partial charge in [-0.3, -0.25) is 9.69 Å². The summed E-state index contributed by atoms with van der Waals surface area (Å²) >= 11 is 1.75. The van der Waals surface area contributed by atoms with E-state index >= 15 is 0 Å². The fourth-order valence-electron chi connectivity index (χ4n) is 4.32. The van der Waals surface area contributed by atoms with Crippen LogP contribution in [0.2, 0.25) is 0 Å². The van der Waals surface area contributed by atoms with Crippen LogP contribution < -0.4 is 4.90 Å². The molecule has 2 aliphatic rings. The Kier molecular flexibility index (Phi) is 5.24. The number of hydrogen-bond acceptors (Lipinski definition) is 6. The van der Waals surface area contributed by atoms with Crippen LogP contribution in [0.1, 0.15) is 18.6 Å². The summed E-state index contributed by atoms with van der Waals surface area (Å²) in [6.07, 6.45) is 3.55. The van der Waals surface area contributed by atoms with Crippen molar-refractivity contribution in [3.63, 3.8) is 0 Å². The first-order chi connectivity index (χ1) is 14.3. The Morgan fingerprint density at radius 1 is 1.03 bits per heavy atom. The lowest BCUT2D eigenvalue weighted by Crippen LogP contribution is -2.51. The Hall–Kier alpha value is -2.38. The maximum atomic E-state index is 13.0. The third kappa shape index (κ3) is 4.02. The number of piperidine rings is 1. The van der Waals surface area contributed by atoms with Crippen LogP contribution >= 0.6 is 11.3 Å². The highest BCUT2D eigenvalue weighted by Gasteiger charge is 2.31. The fraction of sp³-hybridized carbons (Fsp3) is 0.455. The number of fused-ring (bicyclic) bond motifs is 1. The molecule has 2 aromatic heterocycles. The topological polar surface area (TPSA) is 52.8 Å². The first kappa shape index (κ1) is 18.6. The number of anilines is 1. The van der Waals surface area contributed by atoms with Crippen molar-refractivity contribution in [2.45, 2.75) is 19.4 Å². The number of piperazine rings is 1. The summed E-state index contributed by atoms with van der Waals surface area (Å²) in [5.74, 6) is 1.48. The predicted molar refractivity (Wildman–Crippen MR) is 115 cm³/mol. The number of para-hydroxylation sites is 1. The van der Waals surface area contributed by atoms with E-state index in [0.717, 1.165) is 75.1 Å². The average Bonchev–Trinajstić information content (AvgIpc) is 3.43. The molecule has 3 aromatic rings. The number of nitrogens with zero attached hydrogens (tertiary/aromatic N) is 4. The summed E-state index contributed by atoms with van der Waals surface area (Å²) in [5.41, 5.74) is 1.07. The molecule has 1 amide bonds. The van der Waals surface area contributed by atoms with Gasteiger partial charge in [0.05, 0.1) is 23.0 Å². The number of hydrogen-bond donors (Lipinski definition) is 0. The van der Waals surface area contributed by atoms with Crippen LogP contribution in [0.25, 0.3) is 10.2 Å². The molecule has 0 spiro atoms. The van der Waals surface area contributed by atoms with Gasteiger partial charge in [0.25, 0.3) is 0 Å². The van der Waals surface area contributed by atoms with Gasteiger partial charge in [0.1, 0.15) is 5.76 Å². The molecule has 0 N–H and O–H groups in total. The van der Waals surface area contributed by atoms with Crippen molar-refractivity contribution in [3.05, 3.63) is 48.4 Å². The molecule has 0 bridgehead atoms. The predicted octanol–water partition coefficient (Wildman–Crippen LogP) is 3.45. The van der Waals surface area contributed by atoms with E-state index < -0.39 is 0 Å². The summed E-state index contributed by atoms with van der Waals surface area (Å²) < 4.78 is 6.67. The fourth-order valence-corrected chi connectivity index (χ4v) is 5.34. The van der Waals surface area contributed by atoms with E-state index in [0.29, 0.717) is 5.91 Å². The van der Waals surface area contributed by atoms with Crippen molar-refractivity contribution in [1.82, 2.24) is 14.8 Å². The molecule has 5 rings (SSSR count). The highest BCUT2D eigenvalue weighted by molar-refractivity contribution is 7.22. The molecule has 6 nitrogen and oxygen atoms in total. The molecule has 29 heavy (non-hydrogen) atoms. The number of aromatic nitrogens is 1. The van der Waals surface area contributed by atoms with Crippen LogP contribution in [-0.4, -0.2) is 60.0 Å². The van der Waals surface area contributed by atoms with Gasteiger partial charge in [0.15, 0.2) is 5.13 Å². The maximum Gasteiger partial charge on any atom is 0.225 e. The summed E-state index contributed by atoms with van der Waals surface area (Å²) in [6, 6.07) is 12.2. The third-order valence-electron chi connectivity index (χ3n) is 6.04. The van der Waals surface area contributed by atoms with Gasteiger partial charge in [0.2, 0.25) is 5.91 Å². The SMILES string of the molecule is O=C(C1CCN(c2nc3ccccc3s2)CC1)N1CCN(Cc2ccco2)CC1. The quantitative estimate of drug-likeness (QED) is 0.659. The minimum absolute atomic E-state index is 0.150. The Morgan fingerprint density at radius 2 is 1.83 bits per heavy atom. The number of thiazole rings is 1. The van der Waals surface area contributed by atoms with E-state index in [-0.39, 0.29) is 5.92 Å². The van der Waals surface area contributed by atoms with Gasteiger partial charge in [0, 0.05) is 45.2 Å². The largest absolute Gasteiger partial charge is 0.468 e. The first-order valence-corrected chi connectivity index (χ1v) is 11.2. The summed E-state index contributed by atoms with van der Waals surface area (Å²) in [4.78, 5) is 24.6. The van der Waals surface area contributed by atoms with Crippen molar-refractivity contribution in [1.29, 1.82) is 0 Å². The number of carbonyl (C=O) groups is 1. The Balaban J connectivity index is 1.12. The molecule has 2 fully saturated rings. The summed E-state index contributed by atoms with van der Waals surface area (Å²) in [5, 5.41) is 1.09. The zero-order chi connectivity index (χ0) is 19.6. The minimum Gasteiger partial charge on any atom is -0.468 e. The zero-order valence-electron chi connectivity index (χ0n) is 16.5. The molecule has 7 heteroatoms. The van der Waals surface area contributed by atoms with E-state index in [1.165, 1.54) is 4.70 Å². The second kappa shape index (κ2) is 8.16. The molecule has 152 valence electrons. The van der Waals surface area contributed by atoms with Crippen LogP contribution in [0.3, 0.4) is 0 Å². The molecule has 2 aliphatic heterocycles. The molecule has 4 heterocycles. The highest BCUT2D eigenvalue weighted by atomic mass is 32.1. The highest BCUT2D eigenvalue weighted by Crippen LogP contribution is 2.31. The van der Waals surface area contributed by atoms with Crippen molar-refractivity contribution < 1.29 is 9.21 Å². The van der Waals surface area contributed by atoms with Crippen molar-refractivity contribution in [3.8, 4) is 0 Å². The van der Waals surface area contributed by atoms with E-state index in [1.54, 1.807) is 17.6 Å². The first-order valence-electron chi connectivity index (χ1n) is 10.4. The van der Waals surface area contributed by atoms with E-state index in [9.17, 15) is 4.79 Å². The van der Waals surface area contributed by atoms with Crippen LogP contribution in [0.4, 0.5) is 5.13 Å². The zero-order valence-corrected chi connectivity index (χ0v) is 17.3. The van der Waals surface area contributed by atoms with E-state index in [1.807, 2.05) is 18.2 Å². The molecule has 1 aromatic carbocycles. The lowest BCUT2D eigenvalue weighted by molar-refractivity contribution is -0.138. The van der Waals surface area contributed by atoms with Crippen LogP contribution in [0, 0.1) is 5.92 Å². The smallest absolute Gasteiger partial charge is 0.225 e. The molecule has 0 radical (unpaired) electrons. The minimum atomic E-state index is 0.150. The standard InChI is InChI=1S/C22H26N4O2S/c27-21(25-13-11-24(12-14-25)16-18-4-3-15-28-18)17-7-9-26(10-8-17)22-23-19-5-1-2-6-20(19)29-22/h1-6,15,17H,7-14,16H2. The molecule has 0 unspecified atom stereocenters. The van der Waals surface area contributed by atoms with Gasteiger partial charge >= 0.3 is 0 Å². The van der Waals surface area contributed by atoms with Crippen molar-refractivity contribution in [2.75, 3.05) is 44.2 Å². The second-order valence-corrected chi connectivity index (χ2v) is 8.92. The van der Waals surface area contributed by atoms with E-state index in [2.05, 4.69) is 32.9 Å². The Morgan fingerprint density at radius 3 is 2.55 bits per heavy atom. The number of benzene rings is 1. The summed E-state index contributed by atoms with van der Waals surface area (Å²) in [6.45, 7) is 6.11. The Labute approximate surface area is 174 Å². The monoisotopic (exact) mass is 410 g/mol. The van der Waals surface area contributed by atoms with Gasteiger partial charge in [-0.2, -0.15) is 0 Å². The number of carbonyl (C=O) groups excluding carboxylic acids is 1. The number of furan rings is 1. The van der Waals surface area contributed by atoms with Crippen LogP contribution in [0.15, 0.2) is 47.1 Å². The Bertz CT molecular complexity index is 921. The number of rotatable bonds is 4. The summed E-state index contributed by atoms with van der Waals surface area (Å²) in [7, 11) is 0. The molecule has 0 saturated carbocycles. The van der Waals surface area contributed by atoms with Gasteiger partial charge in [-0.1, -0.05) is 23.5 Å². The number of amides is 1. The molecule has 0 atom stereocenters. The molecule has 0 aliphatic carbocycles. The average molecular weight is 411 g/mol. The third-order valence-corrected chi connectivity index (χ3v) is 7.14. The van der Waals surface area contributed by atoms with Crippen LogP contribution in [0.5, 0.6) is 0 Å². The van der Waals surface area contributed by atoms with E-state index in [4.69, 9.17) is 9.40 Å². The molecule has 2 saturated heterocycles. The van der Waals surface area contributed by atoms with Crippen LogP contribution in [-0.2, 0) is 11.3 Å². The lowest BCUT2D eigenvalue weighted by Gasteiger charge is -2.38.